The summed E-state index contributed by atoms with van der Waals surface area (Å²) in [5, 5.41) is 19.2. The van der Waals surface area contributed by atoms with E-state index in [9.17, 15) is 15.0 Å². The molecule has 110 valence electrons. The number of hydrogen-bond donors (Lipinski definition) is 2. The molecular formula is C15H20ClNO3. The smallest absolute Gasteiger partial charge is 0.227 e. The average Bonchev–Trinajstić information content (AvgIpc) is 2.80. The quantitative estimate of drug-likeness (QED) is 0.897. The highest BCUT2D eigenvalue weighted by molar-refractivity contribution is 6.31. The number of aliphatic hydroxyl groups excluding tert-OH is 1. The van der Waals surface area contributed by atoms with E-state index < -0.39 is 6.10 Å². The highest BCUT2D eigenvalue weighted by Crippen LogP contribution is 2.25. The van der Waals surface area contributed by atoms with Crippen LogP contribution in [0.4, 0.5) is 0 Å². The Kier molecular flexibility index (Phi) is 4.89. The molecule has 20 heavy (non-hydrogen) atoms. The van der Waals surface area contributed by atoms with E-state index in [1.807, 2.05) is 4.90 Å². The van der Waals surface area contributed by atoms with Crippen LogP contribution in [0.25, 0.3) is 0 Å². The number of phenolic OH excluding ortho intramolecular Hbond substituents is 1. The minimum atomic E-state index is -0.398. The summed E-state index contributed by atoms with van der Waals surface area (Å²) in [6.45, 7) is 2.49. The van der Waals surface area contributed by atoms with Crippen LogP contribution in [0.15, 0.2) is 18.2 Å². The number of benzene rings is 1. The summed E-state index contributed by atoms with van der Waals surface area (Å²) >= 11 is 6.03. The van der Waals surface area contributed by atoms with Crippen LogP contribution in [-0.4, -0.2) is 39.7 Å². The number of hydrogen-bond acceptors (Lipinski definition) is 3. The van der Waals surface area contributed by atoms with Gasteiger partial charge in [-0.3, -0.25) is 4.79 Å². The number of nitrogens with zero attached hydrogens (tertiary/aromatic N) is 1. The lowest BCUT2D eigenvalue weighted by Crippen LogP contribution is -2.38. The molecule has 5 heteroatoms. The Morgan fingerprint density at radius 2 is 2.30 bits per heavy atom. The van der Waals surface area contributed by atoms with Crippen molar-refractivity contribution in [2.24, 2.45) is 0 Å². The maximum absolute atomic E-state index is 12.4. The summed E-state index contributed by atoms with van der Waals surface area (Å²) in [7, 11) is 0. The van der Waals surface area contributed by atoms with E-state index in [1.54, 1.807) is 13.0 Å². The van der Waals surface area contributed by atoms with Crippen LogP contribution in [0.5, 0.6) is 5.75 Å². The third-order valence-electron chi connectivity index (χ3n) is 3.69. The second kappa shape index (κ2) is 6.46. The zero-order valence-electron chi connectivity index (χ0n) is 11.6. The normalized spacial score (nSPS) is 20.1. The number of phenols is 1. The third kappa shape index (κ3) is 3.64. The first-order valence-corrected chi connectivity index (χ1v) is 7.30. The van der Waals surface area contributed by atoms with Gasteiger partial charge in [0.1, 0.15) is 5.75 Å². The Labute approximate surface area is 124 Å². The van der Waals surface area contributed by atoms with Crippen molar-refractivity contribution in [1.82, 2.24) is 4.90 Å². The van der Waals surface area contributed by atoms with Crippen LogP contribution in [0.3, 0.4) is 0 Å². The predicted octanol–water partition coefficient (Wildman–Crippen LogP) is 2.35. The molecule has 2 rings (SSSR count). The fourth-order valence-corrected chi connectivity index (χ4v) is 2.99. The van der Waals surface area contributed by atoms with Crippen molar-refractivity contribution in [2.75, 3.05) is 6.54 Å². The second-order valence-electron chi connectivity index (χ2n) is 5.42. The fourth-order valence-electron chi connectivity index (χ4n) is 2.75. The molecule has 1 fully saturated rings. The summed E-state index contributed by atoms with van der Waals surface area (Å²) < 4.78 is 0. The van der Waals surface area contributed by atoms with Gasteiger partial charge in [-0.05, 0) is 43.9 Å². The molecule has 0 bridgehead atoms. The molecule has 0 aromatic heterocycles. The molecule has 1 aromatic rings. The molecule has 1 saturated heterocycles. The molecule has 1 aliphatic rings. The van der Waals surface area contributed by atoms with Crippen LogP contribution in [0.2, 0.25) is 5.02 Å². The first kappa shape index (κ1) is 15.1. The van der Waals surface area contributed by atoms with Crippen LogP contribution >= 0.6 is 11.6 Å². The van der Waals surface area contributed by atoms with E-state index in [0.29, 0.717) is 11.4 Å². The number of aromatic hydroxyl groups is 1. The van der Waals surface area contributed by atoms with Gasteiger partial charge in [0, 0.05) is 17.6 Å². The van der Waals surface area contributed by atoms with Crippen molar-refractivity contribution in [2.45, 2.75) is 44.8 Å². The van der Waals surface area contributed by atoms with Gasteiger partial charge < -0.3 is 15.1 Å². The summed E-state index contributed by atoms with van der Waals surface area (Å²) in [5.41, 5.74) is 0.720. The Morgan fingerprint density at radius 1 is 1.55 bits per heavy atom. The fraction of sp³-hybridized carbons (Fsp3) is 0.533. The van der Waals surface area contributed by atoms with E-state index in [4.69, 9.17) is 11.6 Å². The van der Waals surface area contributed by atoms with Gasteiger partial charge in [0.15, 0.2) is 0 Å². The molecule has 1 aliphatic heterocycles. The minimum absolute atomic E-state index is 0.0285. The van der Waals surface area contributed by atoms with Gasteiger partial charge in [-0.1, -0.05) is 17.7 Å². The molecule has 0 unspecified atom stereocenters. The van der Waals surface area contributed by atoms with Gasteiger partial charge in [-0.2, -0.15) is 0 Å². The van der Waals surface area contributed by atoms with Gasteiger partial charge in [-0.15, -0.1) is 0 Å². The second-order valence-corrected chi connectivity index (χ2v) is 5.83. The highest BCUT2D eigenvalue weighted by Gasteiger charge is 2.29. The Balaban J connectivity index is 2.03. The maximum Gasteiger partial charge on any atom is 0.227 e. The highest BCUT2D eigenvalue weighted by atomic mass is 35.5. The SMILES string of the molecule is C[C@H](O)C[C@@H]1CCCN1C(=O)Cc1ccc(O)cc1Cl. The summed E-state index contributed by atoms with van der Waals surface area (Å²) in [6, 6.07) is 4.78. The number of aliphatic hydroxyl groups is 1. The standard InChI is InChI=1S/C15H20ClNO3/c1-10(18)7-12-3-2-6-17(12)15(20)8-11-4-5-13(19)9-14(11)16/h4-5,9-10,12,18-19H,2-3,6-8H2,1H3/t10-,12-/m0/s1. The largest absolute Gasteiger partial charge is 0.508 e. The molecule has 0 aliphatic carbocycles. The number of likely N-dealkylation sites (tertiary alicyclic amines) is 1. The molecule has 1 aromatic carbocycles. The van der Waals surface area contributed by atoms with Crippen LogP contribution in [-0.2, 0) is 11.2 Å². The molecule has 0 spiro atoms. The third-order valence-corrected chi connectivity index (χ3v) is 4.04. The van der Waals surface area contributed by atoms with Gasteiger partial charge in [-0.25, -0.2) is 0 Å². The Bertz CT molecular complexity index is 490. The van der Waals surface area contributed by atoms with Crippen LogP contribution < -0.4 is 0 Å². The minimum Gasteiger partial charge on any atom is -0.508 e. The average molecular weight is 298 g/mol. The lowest BCUT2D eigenvalue weighted by molar-refractivity contribution is -0.131. The lowest BCUT2D eigenvalue weighted by atomic mass is 10.1. The number of amides is 1. The Morgan fingerprint density at radius 3 is 2.95 bits per heavy atom. The lowest BCUT2D eigenvalue weighted by Gasteiger charge is -2.26. The Hall–Kier alpha value is -1.26. The molecule has 0 radical (unpaired) electrons. The van der Waals surface area contributed by atoms with Crippen molar-refractivity contribution >= 4 is 17.5 Å². The van der Waals surface area contributed by atoms with Gasteiger partial charge in [0.2, 0.25) is 5.91 Å². The first-order chi connectivity index (χ1) is 9.47. The monoisotopic (exact) mass is 297 g/mol. The summed E-state index contributed by atoms with van der Waals surface area (Å²) in [4.78, 5) is 14.2. The number of halogens is 1. The van der Waals surface area contributed by atoms with Gasteiger partial charge >= 0.3 is 0 Å². The molecular weight excluding hydrogens is 278 g/mol. The van der Waals surface area contributed by atoms with E-state index >= 15 is 0 Å². The zero-order valence-corrected chi connectivity index (χ0v) is 12.3. The van der Waals surface area contributed by atoms with Gasteiger partial charge in [0.25, 0.3) is 0 Å². The molecule has 0 saturated carbocycles. The van der Waals surface area contributed by atoms with Crippen LogP contribution in [0.1, 0.15) is 31.7 Å². The molecule has 2 atom stereocenters. The van der Waals surface area contributed by atoms with Gasteiger partial charge in [0.05, 0.1) is 12.5 Å². The maximum atomic E-state index is 12.4. The first-order valence-electron chi connectivity index (χ1n) is 6.92. The van der Waals surface area contributed by atoms with E-state index in [0.717, 1.165) is 24.9 Å². The molecule has 2 N–H and O–H groups in total. The molecule has 4 nitrogen and oxygen atoms in total. The van der Waals surface area contributed by atoms with E-state index in [1.165, 1.54) is 12.1 Å². The van der Waals surface area contributed by atoms with E-state index in [-0.39, 0.29) is 24.1 Å². The summed E-state index contributed by atoms with van der Waals surface area (Å²) in [5.74, 6) is 0.125. The van der Waals surface area contributed by atoms with Crippen molar-refractivity contribution in [3.63, 3.8) is 0 Å². The van der Waals surface area contributed by atoms with Crippen molar-refractivity contribution in [3.05, 3.63) is 28.8 Å². The van der Waals surface area contributed by atoms with Crippen molar-refractivity contribution in [1.29, 1.82) is 0 Å². The number of rotatable bonds is 4. The predicted molar refractivity (Wildman–Crippen MR) is 77.9 cm³/mol. The summed E-state index contributed by atoms with van der Waals surface area (Å²) in [6.07, 6.45) is 2.38. The number of carbonyl (C=O) groups excluding carboxylic acids is 1. The topological polar surface area (TPSA) is 60.8 Å². The molecule has 1 amide bonds. The zero-order chi connectivity index (χ0) is 14.7. The molecule has 1 heterocycles. The number of carbonyl (C=O) groups is 1. The van der Waals surface area contributed by atoms with E-state index in [2.05, 4.69) is 0 Å². The van der Waals surface area contributed by atoms with Crippen molar-refractivity contribution < 1.29 is 15.0 Å². The van der Waals surface area contributed by atoms with Crippen LogP contribution in [0, 0.1) is 0 Å². The van der Waals surface area contributed by atoms with Crippen molar-refractivity contribution in [3.8, 4) is 5.75 Å².